The monoisotopic (exact) mass is 453 g/mol. The van der Waals surface area contributed by atoms with Gasteiger partial charge in [-0.1, -0.05) is 5.92 Å². The number of hydrogen-bond donors (Lipinski definition) is 2. The number of carbonyl (C=O) groups is 1. The Kier molecular flexibility index (Phi) is 6.09. The summed E-state index contributed by atoms with van der Waals surface area (Å²) < 4.78 is 0. The molecule has 4 heterocycles. The van der Waals surface area contributed by atoms with E-state index in [9.17, 15) is 4.79 Å². The molecule has 1 aromatic carbocycles. The number of aromatic amines is 1. The van der Waals surface area contributed by atoms with Gasteiger partial charge in [0.1, 0.15) is 11.4 Å². The van der Waals surface area contributed by atoms with Gasteiger partial charge in [0, 0.05) is 49.5 Å². The van der Waals surface area contributed by atoms with E-state index in [1.165, 1.54) is 0 Å². The Morgan fingerprint density at radius 2 is 1.91 bits per heavy atom. The number of nitrogens with zero attached hydrogens (tertiary/aromatic N) is 7. The van der Waals surface area contributed by atoms with Crippen molar-refractivity contribution in [2.24, 2.45) is 0 Å². The molecule has 0 aliphatic carbocycles. The molecule has 1 saturated heterocycles. The maximum absolute atomic E-state index is 12.5. The zero-order valence-corrected chi connectivity index (χ0v) is 18.7. The van der Waals surface area contributed by atoms with Crippen LogP contribution in [0.15, 0.2) is 48.9 Å². The van der Waals surface area contributed by atoms with Crippen LogP contribution in [0.1, 0.15) is 11.3 Å². The number of hydrogen-bond acceptors (Lipinski definition) is 8. The zero-order chi connectivity index (χ0) is 23.3. The number of H-pyrrole nitrogens is 1. The second-order valence-electron chi connectivity index (χ2n) is 7.99. The number of aromatic nitrogens is 6. The van der Waals surface area contributed by atoms with Crippen molar-refractivity contribution in [1.29, 1.82) is 0 Å². The van der Waals surface area contributed by atoms with Crippen LogP contribution >= 0.6 is 0 Å². The van der Waals surface area contributed by atoms with E-state index >= 15 is 0 Å². The van der Waals surface area contributed by atoms with Crippen LogP contribution in [-0.2, 0) is 4.79 Å². The molecule has 1 amide bonds. The van der Waals surface area contributed by atoms with E-state index in [0.29, 0.717) is 23.2 Å². The van der Waals surface area contributed by atoms with Crippen molar-refractivity contribution in [2.45, 2.75) is 0 Å². The van der Waals surface area contributed by atoms with Crippen LogP contribution in [0.25, 0.3) is 22.4 Å². The zero-order valence-electron chi connectivity index (χ0n) is 18.7. The van der Waals surface area contributed by atoms with E-state index in [1.807, 2.05) is 23.1 Å². The van der Waals surface area contributed by atoms with Gasteiger partial charge in [0.15, 0.2) is 5.82 Å². The maximum atomic E-state index is 12.5. The molecule has 170 valence electrons. The maximum Gasteiger partial charge on any atom is 0.242 e. The van der Waals surface area contributed by atoms with Crippen molar-refractivity contribution < 1.29 is 4.79 Å². The van der Waals surface area contributed by atoms with Crippen LogP contribution in [0, 0.1) is 11.8 Å². The Morgan fingerprint density at radius 3 is 2.79 bits per heavy atom. The molecule has 1 fully saturated rings. The third kappa shape index (κ3) is 5.00. The van der Waals surface area contributed by atoms with Crippen molar-refractivity contribution >= 4 is 22.8 Å². The molecule has 34 heavy (non-hydrogen) atoms. The van der Waals surface area contributed by atoms with Crippen LogP contribution in [0.3, 0.4) is 0 Å². The average Bonchev–Trinajstić information content (AvgIpc) is 3.35. The minimum absolute atomic E-state index is 0.0317. The van der Waals surface area contributed by atoms with E-state index in [2.05, 4.69) is 59.2 Å². The molecule has 1 aliphatic rings. The third-order valence-electron chi connectivity index (χ3n) is 5.57. The molecule has 10 nitrogen and oxygen atoms in total. The summed E-state index contributed by atoms with van der Waals surface area (Å²) in [7, 11) is 2.06. The Labute approximate surface area is 196 Å². The smallest absolute Gasteiger partial charge is 0.242 e. The first-order valence-corrected chi connectivity index (χ1v) is 11.0. The van der Waals surface area contributed by atoms with E-state index in [1.54, 1.807) is 30.7 Å². The number of carbonyl (C=O) groups excluding carboxylic acids is 1. The normalized spacial score (nSPS) is 14.0. The van der Waals surface area contributed by atoms with Gasteiger partial charge in [-0.05, 0) is 43.3 Å². The summed E-state index contributed by atoms with van der Waals surface area (Å²) in [5.41, 5.74) is 2.96. The number of nitrogens with one attached hydrogen (secondary N) is 2. The number of fused-ring (bicyclic) bond motifs is 1. The number of amides is 1. The molecule has 3 aromatic heterocycles. The molecule has 0 spiro atoms. The van der Waals surface area contributed by atoms with Crippen LogP contribution in [0.5, 0.6) is 0 Å². The average molecular weight is 454 g/mol. The van der Waals surface area contributed by atoms with Crippen molar-refractivity contribution in [3.8, 4) is 23.4 Å². The lowest BCUT2D eigenvalue weighted by molar-refractivity contribution is -0.130. The quantitative estimate of drug-likeness (QED) is 0.446. The summed E-state index contributed by atoms with van der Waals surface area (Å²) in [6.45, 7) is 3.37. The first-order chi connectivity index (χ1) is 16.6. The van der Waals surface area contributed by atoms with Gasteiger partial charge in [-0.2, -0.15) is 5.10 Å². The highest BCUT2D eigenvalue weighted by atomic mass is 16.2. The number of benzene rings is 1. The summed E-state index contributed by atoms with van der Waals surface area (Å²) in [6.07, 6.45) is 5.04. The van der Waals surface area contributed by atoms with E-state index in [0.717, 1.165) is 42.6 Å². The Bertz CT molecular complexity index is 1380. The fourth-order valence-electron chi connectivity index (χ4n) is 3.60. The van der Waals surface area contributed by atoms with Gasteiger partial charge in [0.25, 0.3) is 0 Å². The first-order valence-electron chi connectivity index (χ1n) is 11.0. The standard InChI is InChI=1S/C24H23N9O/c1-32-10-12-33(13-11-32)22(34)16-27-24-26-9-7-21(30-24)23-25-8-6-19(29-23)4-2-17-3-5-20-18(14-17)15-28-31-20/h3,5-9,14-15H,10-13,16H2,1H3,(H,28,31)(H,26,27,30). The van der Waals surface area contributed by atoms with Crippen LogP contribution < -0.4 is 5.32 Å². The SMILES string of the molecule is CN1CCN(C(=O)CNc2nccc(-c3nccc(C#Cc4ccc5[nH]ncc5c4)n3)n2)CC1. The lowest BCUT2D eigenvalue weighted by Crippen LogP contribution is -2.48. The van der Waals surface area contributed by atoms with Gasteiger partial charge in [0.2, 0.25) is 11.9 Å². The van der Waals surface area contributed by atoms with Crippen LogP contribution in [0.4, 0.5) is 5.95 Å². The van der Waals surface area contributed by atoms with E-state index in [4.69, 9.17) is 0 Å². The third-order valence-corrected chi connectivity index (χ3v) is 5.57. The number of likely N-dealkylation sites (N-methyl/N-ethyl adjacent to an activating group) is 1. The molecule has 0 radical (unpaired) electrons. The molecule has 10 heteroatoms. The van der Waals surface area contributed by atoms with Gasteiger partial charge in [-0.25, -0.2) is 19.9 Å². The number of anilines is 1. The Balaban J connectivity index is 1.27. The molecule has 1 aliphatic heterocycles. The fourth-order valence-corrected chi connectivity index (χ4v) is 3.60. The molecule has 0 atom stereocenters. The van der Waals surface area contributed by atoms with E-state index in [-0.39, 0.29) is 12.5 Å². The Hall–Kier alpha value is -4.36. The summed E-state index contributed by atoms with van der Waals surface area (Å²) in [5.74, 6) is 7.03. The second-order valence-corrected chi connectivity index (χ2v) is 7.99. The molecule has 5 rings (SSSR count). The number of piperazine rings is 1. The highest BCUT2D eigenvalue weighted by Crippen LogP contribution is 2.14. The van der Waals surface area contributed by atoms with Crippen LogP contribution in [-0.4, -0.2) is 85.6 Å². The fraction of sp³-hybridized carbons (Fsp3) is 0.250. The largest absolute Gasteiger partial charge is 0.345 e. The summed E-state index contributed by atoms with van der Waals surface area (Å²) >= 11 is 0. The topological polar surface area (TPSA) is 116 Å². The minimum Gasteiger partial charge on any atom is -0.345 e. The van der Waals surface area contributed by atoms with Gasteiger partial charge in [-0.15, -0.1) is 0 Å². The molecular formula is C24H23N9O. The lowest BCUT2D eigenvalue weighted by Gasteiger charge is -2.32. The van der Waals surface area contributed by atoms with Gasteiger partial charge < -0.3 is 15.1 Å². The summed E-state index contributed by atoms with van der Waals surface area (Å²) in [5, 5.41) is 11.0. The van der Waals surface area contributed by atoms with Crippen molar-refractivity contribution in [3.63, 3.8) is 0 Å². The second kappa shape index (κ2) is 9.64. The molecule has 0 unspecified atom stereocenters. The minimum atomic E-state index is 0.0317. The van der Waals surface area contributed by atoms with Crippen molar-refractivity contribution in [2.75, 3.05) is 45.1 Å². The summed E-state index contributed by atoms with van der Waals surface area (Å²) in [4.78, 5) is 34.1. The number of rotatable bonds is 4. The molecule has 4 aromatic rings. The van der Waals surface area contributed by atoms with Gasteiger partial charge in [-0.3, -0.25) is 9.89 Å². The highest BCUT2D eigenvalue weighted by molar-refractivity contribution is 5.80. The van der Waals surface area contributed by atoms with Gasteiger partial charge in [0.05, 0.1) is 18.3 Å². The van der Waals surface area contributed by atoms with Crippen molar-refractivity contribution in [1.82, 2.24) is 39.9 Å². The molecule has 2 N–H and O–H groups in total. The first kappa shape index (κ1) is 21.5. The predicted octanol–water partition coefficient (Wildman–Crippen LogP) is 1.40. The molecule has 0 saturated carbocycles. The lowest BCUT2D eigenvalue weighted by atomic mass is 10.1. The predicted molar refractivity (Wildman–Crippen MR) is 128 cm³/mol. The van der Waals surface area contributed by atoms with E-state index < -0.39 is 0 Å². The molecule has 0 bridgehead atoms. The van der Waals surface area contributed by atoms with Crippen molar-refractivity contribution in [3.05, 3.63) is 60.2 Å². The summed E-state index contributed by atoms with van der Waals surface area (Å²) in [6, 6.07) is 9.33. The van der Waals surface area contributed by atoms with Crippen LogP contribution in [0.2, 0.25) is 0 Å². The van der Waals surface area contributed by atoms with Gasteiger partial charge >= 0.3 is 0 Å². The molecular weight excluding hydrogens is 430 g/mol. The Morgan fingerprint density at radius 1 is 1.06 bits per heavy atom. The highest BCUT2D eigenvalue weighted by Gasteiger charge is 2.19.